The lowest BCUT2D eigenvalue weighted by Crippen LogP contribution is -2.30. The number of methoxy groups -OCH3 is 1. The molecule has 0 aliphatic carbocycles. The third kappa shape index (κ3) is 3.05. The minimum Gasteiger partial charge on any atom is -0.390 e. The molecule has 4 heteroatoms. The van der Waals surface area contributed by atoms with Crippen molar-refractivity contribution in [2.75, 3.05) is 31.7 Å². The summed E-state index contributed by atoms with van der Waals surface area (Å²) in [5, 5.41) is 9.06. The number of aliphatic hydroxyl groups is 1. The lowest BCUT2D eigenvalue weighted by molar-refractivity contribution is 0.222. The van der Waals surface area contributed by atoms with Crippen LogP contribution in [-0.2, 0) is 11.3 Å². The molecular formula is C13H18N2O2. The summed E-state index contributed by atoms with van der Waals surface area (Å²) in [6.45, 7) is 2.53. The Morgan fingerprint density at radius 3 is 3.00 bits per heavy atom. The van der Waals surface area contributed by atoms with Gasteiger partial charge in [0.05, 0.1) is 18.9 Å². The SMILES string of the molecule is COCC1=CCN(c2cccc(CO)n2)CC1. The standard InChI is InChI=1S/C13H18N2O2/c1-17-10-11-5-7-15(8-6-11)13-4-2-3-12(9-16)14-13/h2-5,16H,6-10H2,1H3. The quantitative estimate of drug-likeness (QED) is 0.799. The van der Waals surface area contributed by atoms with E-state index >= 15 is 0 Å². The first-order chi connectivity index (χ1) is 8.33. The number of nitrogens with zero attached hydrogens (tertiary/aromatic N) is 2. The van der Waals surface area contributed by atoms with Crippen molar-refractivity contribution in [3.63, 3.8) is 0 Å². The zero-order valence-electron chi connectivity index (χ0n) is 10.1. The lowest BCUT2D eigenvalue weighted by Gasteiger charge is -2.27. The van der Waals surface area contributed by atoms with E-state index in [0.29, 0.717) is 5.69 Å². The highest BCUT2D eigenvalue weighted by Gasteiger charge is 2.13. The lowest BCUT2D eigenvalue weighted by atomic mass is 10.1. The molecule has 0 radical (unpaired) electrons. The number of pyridine rings is 1. The van der Waals surface area contributed by atoms with Gasteiger partial charge in [0, 0.05) is 20.2 Å². The first-order valence-corrected chi connectivity index (χ1v) is 5.82. The molecule has 0 unspecified atom stereocenters. The predicted molar refractivity (Wildman–Crippen MR) is 66.9 cm³/mol. The van der Waals surface area contributed by atoms with Gasteiger partial charge in [0.15, 0.2) is 0 Å². The van der Waals surface area contributed by atoms with Gasteiger partial charge in [0.25, 0.3) is 0 Å². The van der Waals surface area contributed by atoms with Crippen LogP contribution >= 0.6 is 0 Å². The van der Waals surface area contributed by atoms with Gasteiger partial charge >= 0.3 is 0 Å². The number of anilines is 1. The average Bonchev–Trinajstić information content (AvgIpc) is 2.40. The number of hydrogen-bond acceptors (Lipinski definition) is 4. The first-order valence-electron chi connectivity index (χ1n) is 5.82. The van der Waals surface area contributed by atoms with Crippen LogP contribution in [0.15, 0.2) is 29.8 Å². The van der Waals surface area contributed by atoms with E-state index < -0.39 is 0 Å². The Kier molecular flexibility index (Phi) is 4.12. The molecule has 4 nitrogen and oxygen atoms in total. The van der Waals surface area contributed by atoms with E-state index in [0.717, 1.165) is 31.9 Å². The van der Waals surface area contributed by atoms with Gasteiger partial charge in [-0.3, -0.25) is 0 Å². The van der Waals surface area contributed by atoms with Crippen LogP contribution in [0.4, 0.5) is 5.82 Å². The van der Waals surface area contributed by atoms with Crippen LogP contribution < -0.4 is 4.90 Å². The summed E-state index contributed by atoms with van der Waals surface area (Å²) in [5.74, 6) is 0.935. The Bertz CT molecular complexity index is 404. The molecule has 1 N–H and O–H groups in total. The Hall–Kier alpha value is -1.39. The number of hydrogen-bond donors (Lipinski definition) is 1. The topological polar surface area (TPSA) is 45.6 Å². The molecule has 1 aliphatic heterocycles. The number of rotatable bonds is 4. The van der Waals surface area contributed by atoms with Crippen LogP contribution in [0.3, 0.4) is 0 Å². The van der Waals surface area contributed by atoms with Crippen LogP contribution in [0.1, 0.15) is 12.1 Å². The average molecular weight is 234 g/mol. The predicted octanol–water partition coefficient (Wildman–Crippen LogP) is 1.36. The summed E-state index contributed by atoms with van der Waals surface area (Å²) in [6.07, 6.45) is 3.21. The molecule has 1 aliphatic rings. The smallest absolute Gasteiger partial charge is 0.129 e. The highest BCUT2D eigenvalue weighted by Crippen LogP contribution is 2.18. The van der Waals surface area contributed by atoms with Gasteiger partial charge in [-0.15, -0.1) is 0 Å². The zero-order valence-corrected chi connectivity index (χ0v) is 10.1. The van der Waals surface area contributed by atoms with Gasteiger partial charge in [0.1, 0.15) is 5.82 Å². The second kappa shape index (κ2) is 5.80. The van der Waals surface area contributed by atoms with E-state index in [-0.39, 0.29) is 6.61 Å². The number of aliphatic hydroxyl groups excluding tert-OH is 1. The van der Waals surface area contributed by atoms with E-state index in [1.54, 1.807) is 7.11 Å². The summed E-state index contributed by atoms with van der Waals surface area (Å²) >= 11 is 0. The van der Waals surface area contributed by atoms with Crippen LogP contribution in [0, 0.1) is 0 Å². The fourth-order valence-corrected chi connectivity index (χ4v) is 1.97. The van der Waals surface area contributed by atoms with Gasteiger partial charge < -0.3 is 14.7 Å². The maximum Gasteiger partial charge on any atom is 0.129 e. The number of aromatic nitrogens is 1. The Balaban J connectivity index is 2.04. The highest BCUT2D eigenvalue weighted by molar-refractivity contribution is 5.41. The largest absolute Gasteiger partial charge is 0.390 e. The van der Waals surface area contributed by atoms with Crippen molar-refractivity contribution in [3.05, 3.63) is 35.5 Å². The fraction of sp³-hybridized carbons (Fsp3) is 0.462. The highest BCUT2D eigenvalue weighted by atomic mass is 16.5. The maximum absolute atomic E-state index is 9.06. The number of ether oxygens (including phenoxy) is 1. The van der Waals surface area contributed by atoms with Gasteiger partial charge in [-0.2, -0.15) is 0 Å². The monoisotopic (exact) mass is 234 g/mol. The molecule has 2 rings (SSSR count). The third-order valence-electron chi connectivity index (χ3n) is 2.91. The molecule has 0 atom stereocenters. The minimum atomic E-state index is -0.00750. The second-order valence-electron chi connectivity index (χ2n) is 4.14. The Morgan fingerprint density at radius 2 is 2.35 bits per heavy atom. The van der Waals surface area contributed by atoms with E-state index in [1.807, 2.05) is 18.2 Å². The summed E-state index contributed by atoms with van der Waals surface area (Å²) < 4.78 is 5.12. The molecular weight excluding hydrogens is 216 g/mol. The van der Waals surface area contributed by atoms with Gasteiger partial charge in [-0.05, 0) is 24.1 Å². The van der Waals surface area contributed by atoms with Crippen molar-refractivity contribution in [2.45, 2.75) is 13.0 Å². The fourth-order valence-electron chi connectivity index (χ4n) is 1.97. The molecule has 0 spiro atoms. The molecule has 1 aromatic rings. The molecule has 1 aromatic heterocycles. The molecule has 0 saturated carbocycles. The summed E-state index contributed by atoms with van der Waals surface area (Å²) in [6, 6.07) is 5.75. The molecule has 0 fully saturated rings. The first kappa shape index (κ1) is 12.1. The van der Waals surface area contributed by atoms with Crippen molar-refractivity contribution in [3.8, 4) is 0 Å². The minimum absolute atomic E-state index is 0.00750. The van der Waals surface area contributed by atoms with E-state index in [9.17, 15) is 0 Å². The summed E-state index contributed by atoms with van der Waals surface area (Å²) in [5.41, 5.74) is 2.07. The normalized spacial score (nSPS) is 15.9. The van der Waals surface area contributed by atoms with E-state index in [1.165, 1.54) is 5.57 Å². The Morgan fingerprint density at radius 1 is 1.47 bits per heavy atom. The van der Waals surface area contributed by atoms with Gasteiger partial charge in [0.2, 0.25) is 0 Å². The summed E-state index contributed by atoms with van der Waals surface area (Å²) in [4.78, 5) is 6.61. The molecule has 0 aromatic carbocycles. The second-order valence-corrected chi connectivity index (χ2v) is 4.14. The van der Waals surface area contributed by atoms with Crippen LogP contribution in [0.5, 0.6) is 0 Å². The molecule has 2 heterocycles. The van der Waals surface area contributed by atoms with Crippen molar-refractivity contribution in [1.82, 2.24) is 4.98 Å². The molecule has 0 saturated heterocycles. The molecule has 0 amide bonds. The zero-order chi connectivity index (χ0) is 12.1. The van der Waals surface area contributed by atoms with Crippen LogP contribution in [-0.4, -0.2) is 36.9 Å². The van der Waals surface area contributed by atoms with Gasteiger partial charge in [-0.25, -0.2) is 4.98 Å². The van der Waals surface area contributed by atoms with E-state index in [2.05, 4.69) is 16.0 Å². The molecule has 92 valence electrons. The van der Waals surface area contributed by atoms with E-state index in [4.69, 9.17) is 9.84 Å². The van der Waals surface area contributed by atoms with Crippen LogP contribution in [0.25, 0.3) is 0 Å². The van der Waals surface area contributed by atoms with Crippen molar-refractivity contribution < 1.29 is 9.84 Å². The van der Waals surface area contributed by atoms with Gasteiger partial charge in [-0.1, -0.05) is 12.1 Å². The maximum atomic E-state index is 9.06. The van der Waals surface area contributed by atoms with Crippen molar-refractivity contribution >= 4 is 5.82 Å². The van der Waals surface area contributed by atoms with Crippen LogP contribution in [0.2, 0.25) is 0 Å². The van der Waals surface area contributed by atoms with Crippen molar-refractivity contribution in [1.29, 1.82) is 0 Å². The Labute approximate surface area is 102 Å². The molecule has 0 bridgehead atoms. The summed E-state index contributed by atoms with van der Waals surface area (Å²) in [7, 11) is 1.72. The van der Waals surface area contributed by atoms with Crippen molar-refractivity contribution in [2.24, 2.45) is 0 Å². The third-order valence-corrected chi connectivity index (χ3v) is 2.91. The molecule has 17 heavy (non-hydrogen) atoms.